The van der Waals surface area contributed by atoms with Crippen LogP contribution in [-0.4, -0.2) is 5.33 Å². The Morgan fingerprint density at radius 3 is 2.61 bits per heavy atom. The van der Waals surface area contributed by atoms with Crippen molar-refractivity contribution >= 4 is 54.8 Å². The summed E-state index contributed by atoms with van der Waals surface area (Å²) in [5.74, 6) is 0.606. The molecule has 0 fully saturated rings. The summed E-state index contributed by atoms with van der Waals surface area (Å²) in [6.07, 6.45) is 2.16. The van der Waals surface area contributed by atoms with Gasteiger partial charge in [0.25, 0.3) is 0 Å². The van der Waals surface area contributed by atoms with E-state index in [2.05, 4.69) is 56.1 Å². The van der Waals surface area contributed by atoms with Crippen molar-refractivity contribution in [2.75, 3.05) is 5.33 Å². The third kappa shape index (κ3) is 4.37. The summed E-state index contributed by atoms with van der Waals surface area (Å²) in [7, 11) is 0. The third-order valence-corrected chi connectivity index (χ3v) is 5.55. The molecule has 2 aromatic rings. The molecule has 1 aromatic heterocycles. The molecule has 0 aliphatic heterocycles. The van der Waals surface area contributed by atoms with Crippen LogP contribution in [0.2, 0.25) is 5.02 Å². The molecule has 1 aromatic carbocycles. The van der Waals surface area contributed by atoms with Gasteiger partial charge in [-0.15, -0.1) is 11.3 Å². The topological polar surface area (TPSA) is 0 Å². The minimum atomic E-state index is 0.606. The summed E-state index contributed by atoms with van der Waals surface area (Å²) in [5, 5.41) is 1.83. The molecule has 1 unspecified atom stereocenters. The Morgan fingerprint density at radius 1 is 1.17 bits per heavy atom. The maximum absolute atomic E-state index is 6.02. The molecule has 0 N–H and O–H groups in total. The molecule has 0 aliphatic carbocycles. The zero-order valence-corrected chi connectivity index (χ0v) is 14.4. The van der Waals surface area contributed by atoms with Crippen LogP contribution in [0.15, 0.2) is 40.2 Å². The van der Waals surface area contributed by atoms with Gasteiger partial charge < -0.3 is 0 Å². The van der Waals surface area contributed by atoms with Crippen LogP contribution in [-0.2, 0) is 12.8 Å². The van der Waals surface area contributed by atoms with Crippen molar-refractivity contribution in [3.63, 3.8) is 0 Å². The van der Waals surface area contributed by atoms with Crippen molar-refractivity contribution in [2.24, 2.45) is 5.92 Å². The molecule has 0 nitrogen and oxygen atoms in total. The summed E-state index contributed by atoms with van der Waals surface area (Å²) in [4.78, 5) is 1.42. The maximum atomic E-state index is 6.02. The maximum Gasteiger partial charge on any atom is 0.0701 e. The fourth-order valence-electron chi connectivity index (χ4n) is 1.92. The molecule has 0 saturated heterocycles. The van der Waals surface area contributed by atoms with Crippen molar-refractivity contribution in [2.45, 2.75) is 12.8 Å². The minimum Gasteiger partial charge on any atom is -0.133 e. The minimum absolute atomic E-state index is 0.606. The molecule has 0 bridgehead atoms. The van der Waals surface area contributed by atoms with Gasteiger partial charge in [0.2, 0.25) is 0 Å². The molecule has 96 valence electrons. The van der Waals surface area contributed by atoms with Gasteiger partial charge in [-0.05, 0) is 64.5 Å². The summed E-state index contributed by atoms with van der Waals surface area (Å²) < 4.78 is 1.20. The van der Waals surface area contributed by atoms with Crippen molar-refractivity contribution in [3.8, 4) is 0 Å². The van der Waals surface area contributed by atoms with Gasteiger partial charge in [0.15, 0.2) is 0 Å². The van der Waals surface area contributed by atoms with Gasteiger partial charge >= 0.3 is 0 Å². The Labute approximate surface area is 134 Å². The smallest absolute Gasteiger partial charge is 0.0701 e. The number of thiophene rings is 1. The zero-order valence-electron chi connectivity index (χ0n) is 9.70. The van der Waals surface area contributed by atoms with Gasteiger partial charge in [-0.2, -0.15) is 0 Å². The first-order chi connectivity index (χ1) is 8.67. The van der Waals surface area contributed by atoms with E-state index in [1.807, 2.05) is 23.5 Å². The van der Waals surface area contributed by atoms with Gasteiger partial charge in [-0.3, -0.25) is 0 Å². The fraction of sp³-hybridized carbons (Fsp3) is 0.286. The van der Waals surface area contributed by atoms with Crippen LogP contribution < -0.4 is 0 Å². The lowest BCUT2D eigenvalue weighted by Crippen LogP contribution is -2.09. The number of alkyl halides is 1. The quantitative estimate of drug-likeness (QED) is 0.536. The predicted octanol–water partition coefficient (Wildman–Crippen LogP) is 5.96. The molecular formula is C14H13Br2ClS. The van der Waals surface area contributed by atoms with E-state index in [1.165, 1.54) is 14.2 Å². The summed E-state index contributed by atoms with van der Waals surface area (Å²) >= 11 is 15.0. The number of hydrogen-bond donors (Lipinski definition) is 0. The van der Waals surface area contributed by atoms with Crippen molar-refractivity contribution < 1.29 is 0 Å². The first-order valence-corrected chi connectivity index (χ1v) is 8.83. The average molecular weight is 409 g/mol. The van der Waals surface area contributed by atoms with E-state index in [0.29, 0.717) is 5.92 Å². The van der Waals surface area contributed by atoms with E-state index in [-0.39, 0.29) is 0 Å². The van der Waals surface area contributed by atoms with E-state index in [9.17, 15) is 0 Å². The van der Waals surface area contributed by atoms with E-state index in [0.717, 1.165) is 23.2 Å². The molecular weight excluding hydrogens is 395 g/mol. The monoisotopic (exact) mass is 406 g/mol. The SMILES string of the molecule is Clc1cccc(CC(CBr)Cc2ccc(Br)s2)c1. The largest absolute Gasteiger partial charge is 0.133 e. The summed E-state index contributed by atoms with van der Waals surface area (Å²) in [6.45, 7) is 0. The molecule has 0 radical (unpaired) electrons. The first-order valence-electron chi connectivity index (χ1n) is 5.72. The molecule has 0 saturated carbocycles. The molecule has 1 heterocycles. The number of halogens is 3. The van der Waals surface area contributed by atoms with Crippen LogP contribution in [0, 0.1) is 5.92 Å². The Morgan fingerprint density at radius 2 is 2.00 bits per heavy atom. The Hall–Kier alpha value is 0.170. The molecule has 4 heteroatoms. The molecule has 0 aliphatic rings. The lowest BCUT2D eigenvalue weighted by molar-refractivity contribution is 0.596. The van der Waals surface area contributed by atoms with E-state index < -0.39 is 0 Å². The summed E-state index contributed by atoms with van der Waals surface area (Å²) in [6, 6.07) is 12.5. The van der Waals surface area contributed by atoms with Crippen LogP contribution in [0.5, 0.6) is 0 Å². The predicted molar refractivity (Wildman–Crippen MR) is 88.2 cm³/mol. The van der Waals surface area contributed by atoms with Gasteiger partial charge in [-0.25, -0.2) is 0 Å². The highest BCUT2D eigenvalue weighted by atomic mass is 79.9. The summed E-state index contributed by atoms with van der Waals surface area (Å²) in [5.41, 5.74) is 1.31. The van der Waals surface area contributed by atoms with Crippen molar-refractivity contribution in [3.05, 3.63) is 55.6 Å². The fourth-order valence-corrected chi connectivity index (χ4v) is 4.19. The van der Waals surface area contributed by atoms with Gasteiger partial charge in [-0.1, -0.05) is 39.7 Å². The van der Waals surface area contributed by atoms with Gasteiger partial charge in [0, 0.05) is 15.2 Å². The average Bonchev–Trinajstić information content (AvgIpc) is 2.74. The highest BCUT2D eigenvalue weighted by Gasteiger charge is 2.11. The van der Waals surface area contributed by atoms with E-state index in [1.54, 1.807) is 0 Å². The second-order valence-corrected chi connectivity index (χ2v) is 7.90. The second kappa shape index (κ2) is 7.09. The van der Waals surface area contributed by atoms with Crippen LogP contribution in [0.4, 0.5) is 0 Å². The highest BCUT2D eigenvalue weighted by molar-refractivity contribution is 9.11. The molecule has 18 heavy (non-hydrogen) atoms. The molecule has 0 spiro atoms. The van der Waals surface area contributed by atoms with Crippen LogP contribution in [0.25, 0.3) is 0 Å². The third-order valence-electron chi connectivity index (χ3n) is 2.75. The van der Waals surface area contributed by atoms with Gasteiger partial charge in [0.1, 0.15) is 0 Å². The van der Waals surface area contributed by atoms with Crippen molar-refractivity contribution in [1.82, 2.24) is 0 Å². The number of benzene rings is 1. The molecule has 1 atom stereocenters. The van der Waals surface area contributed by atoms with E-state index in [4.69, 9.17) is 11.6 Å². The lowest BCUT2D eigenvalue weighted by atomic mass is 9.97. The van der Waals surface area contributed by atoms with E-state index >= 15 is 0 Å². The zero-order chi connectivity index (χ0) is 13.0. The van der Waals surface area contributed by atoms with Crippen molar-refractivity contribution in [1.29, 1.82) is 0 Å². The highest BCUT2D eigenvalue weighted by Crippen LogP contribution is 2.26. The van der Waals surface area contributed by atoms with Crippen LogP contribution in [0.1, 0.15) is 10.4 Å². The lowest BCUT2D eigenvalue weighted by Gasteiger charge is -2.13. The van der Waals surface area contributed by atoms with Crippen LogP contribution in [0.3, 0.4) is 0 Å². The normalized spacial score (nSPS) is 12.6. The van der Waals surface area contributed by atoms with Gasteiger partial charge in [0.05, 0.1) is 3.79 Å². The number of hydrogen-bond acceptors (Lipinski definition) is 1. The molecule has 0 amide bonds. The molecule has 2 rings (SSSR count). The van der Waals surface area contributed by atoms with Crippen LogP contribution >= 0.6 is 54.8 Å². The second-order valence-electron chi connectivity index (χ2n) is 4.26. The number of rotatable bonds is 5. The Kier molecular flexibility index (Phi) is 5.74. The standard InChI is InChI=1S/C14H13Br2ClS/c15-9-11(8-13-4-5-14(16)18-13)6-10-2-1-3-12(17)7-10/h1-5,7,11H,6,8-9H2. The Bertz CT molecular complexity index is 510. The first kappa shape index (κ1) is 14.6. The Balaban J connectivity index is 2.01.